The Hall–Kier alpha value is -4.05. The zero-order valence-electron chi connectivity index (χ0n) is 27.1. The Labute approximate surface area is 332 Å². The maximum Gasteiger partial charge on any atom is 0.296 e. The number of phenols is 1. The van der Waals surface area contributed by atoms with E-state index < -0.39 is 36.3 Å². The van der Waals surface area contributed by atoms with Gasteiger partial charge in [0.15, 0.2) is 27.9 Å². The number of benzene rings is 4. The molecule has 0 aliphatic rings. The third kappa shape index (κ3) is 11.7. The van der Waals surface area contributed by atoms with E-state index in [9.17, 15) is 26.5 Å². The first-order valence-electron chi connectivity index (χ1n) is 14.5. The van der Waals surface area contributed by atoms with Crippen molar-refractivity contribution in [2.45, 2.75) is 19.6 Å². The number of fused-ring (bicyclic) bond motifs is 1. The van der Waals surface area contributed by atoms with Crippen molar-refractivity contribution < 1.29 is 74.6 Å². The molecule has 0 aliphatic carbocycles. The number of hydrogen-bond donors (Lipinski definition) is 7. The lowest BCUT2D eigenvalue weighted by Gasteiger charge is -2.12. The van der Waals surface area contributed by atoms with E-state index in [0.29, 0.717) is 40.8 Å². The summed E-state index contributed by atoms with van der Waals surface area (Å²) in [5.74, 6) is -0.891. The number of sulfone groups is 1. The SMILES string of the molecule is O=S(=O)(O)c1ccc(SOOO)cc1/N=N/c1c(SOOO)cc2cc(Nc3nc(Cl)nc(Nc4ccc(S(=O)(=O)CCOSOOO)cc4)n3)ccc2c1O. The van der Waals surface area contributed by atoms with Gasteiger partial charge in [-0.15, -0.1) is 23.2 Å². The molecule has 0 spiro atoms. The molecule has 0 atom stereocenters. The Morgan fingerprint density at radius 1 is 0.768 bits per heavy atom. The summed E-state index contributed by atoms with van der Waals surface area (Å²) in [4.78, 5) is 11.9. The number of anilines is 4. The van der Waals surface area contributed by atoms with Crippen LogP contribution in [-0.2, 0) is 52.3 Å². The van der Waals surface area contributed by atoms with Crippen molar-refractivity contribution in [2.24, 2.45) is 10.2 Å². The fourth-order valence-electron chi connectivity index (χ4n) is 4.44. The van der Waals surface area contributed by atoms with Crippen LogP contribution in [0.25, 0.3) is 10.8 Å². The molecule has 0 saturated heterocycles. The predicted molar refractivity (Wildman–Crippen MR) is 196 cm³/mol. The molecule has 0 bridgehead atoms. The molecule has 5 aromatic rings. The Bertz CT molecular complexity index is 2420. The minimum atomic E-state index is -4.81. The van der Waals surface area contributed by atoms with E-state index in [0.717, 1.165) is 12.1 Å². The van der Waals surface area contributed by atoms with E-state index in [2.05, 4.69) is 63.9 Å². The quantitative estimate of drug-likeness (QED) is 0.0102. The van der Waals surface area contributed by atoms with Crippen LogP contribution in [0.5, 0.6) is 5.75 Å². The van der Waals surface area contributed by atoms with Crippen molar-refractivity contribution in [1.82, 2.24) is 15.0 Å². The second-order valence-corrected chi connectivity index (χ2v) is 16.0. The first kappa shape index (κ1) is 43.1. The molecule has 56 heavy (non-hydrogen) atoms. The van der Waals surface area contributed by atoms with E-state index in [1.165, 1.54) is 48.5 Å². The van der Waals surface area contributed by atoms with Crippen LogP contribution in [0.15, 0.2) is 96.5 Å². The van der Waals surface area contributed by atoms with Crippen LogP contribution in [0, 0.1) is 0 Å². The second kappa shape index (κ2) is 19.9. The summed E-state index contributed by atoms with van der Waals surface area (Å²) in [7, 11) is -8.54. The van der Waals surface area contributed by atoms with Gasteiger partial charge in [0.1, 0.15) is 16.3 Å². The van der Waals surface area contributed by atoms with E-state index in [1.807, 2.05) is 0 Å². The fourth-order valence-corrected chi connectivity index (χ4v) is 7.50. The van der Waals surface area contributed by atoms with Gasteiger partial charge < -0.3 is 15.7 Å². The summed E-state index contributed by atoms with van der Waals surface area (Å²) >= 11 is 7.28. The van der Waals surface area contributed by atoms with Crippen LogP contribution in [0.4, 0.5) is 34.6 Å². The number of nitrogens with one attached hydrogen (secondary N) is 2. The zero-order chi connectivity index (χ0) is 40.3. The van der Waals surface area contributed by atoms with E-state index in [4.69, 9.17) is 31.6 Å². The zero-order valence-corrected chi connectivity index (χ0v) is 32.0. The summed E-state index contributed by atoms with van der Waals surface area (Å²) in [6, 6.07) is 15.0. The highest BCUT2D eigenvalue weighted by molar-refractivity contribution is 7.95. The van der Waals surface area contributed by atoms with Gasteiger partial charge in [0.2, 0.25) is 17.2 Å². The number of phenolic OH excluding ortho intramolecular Hbond substituents is 1. The van der Waals surface area contributed by atoms with Crippen LogP contribution in [0.2, 0.25) is 5.28 Å². The summed E-state index contributed by atoms with van der Waals surface area (Å²) in [6.45, 7) is -0.257. The molecule has 7 N–H and O–H groups in total. The third-order valence-electron chi connectivity index (χ3n) is 6.71. The number of halogens is 1. The van der Waals surface area contributed by atoms with Gasteiger partial charge in [0.25, 0.3) is 10.1 Å². The van der Waals surface area contributed by atoms with Crippen LogP contribution in [0.1, 0.15) is 0 Å². The van der Waals surface area contributed by atoms with Crippen molar-refractivity contribution in [3.63, 3.8) is 0 Å². The molecule has 0 unspecified atom stereocenters. The maximum atomic E-state index is 12.6. The highest BCUT2D eigenvalue weighted by atomic mass is 35.5. The topological polar surface area (TPSA) is 321 Å². The average Bonchev–Trinajstić information content (AvgIpc) is 3.15. The van der Waals surface area contributed by atoms with Gasteiger partial charge in [-0.2, -0.15) is 23.4 Å². The Balaban J connectivity index is 1.38. The highest BCUT2D eigenvalue weighted by Gasteiger charge is 2.20. The largest absolute Gasteiger partial charge is 0.505 e. The molecule has 298 valence electrons. The average molecular weight is 896 g/mol. The van der Waals surface area contributed by atoms with E-state index in [-0.39, 0.29) is 67.6 Å². The molecule has 0 radical (unpaired) electrons. The van der Waals surface area contributed by atoms with Gasteiger partial charge in [-0.25, -0.2) is 24.2 Å². The van der Waals surface area contributed by atoms with Crippen LogP contribution < -0.4 is 10.6 Å². The van der Waals surface area contributed by atoms with Crippen molar-refractivity contribution in [3.8, 4) is 5.75 Å². The number of nitrogens with zero attached hydrogens (tertiary/aromatic N) is 5. The first-order chi connectivity index (χ1) is 26.8. The lowest BCUT2D eigenvalue weighted by molar-refractivity contribution is -0.434. The lowest BCUT2D eigenvalue weighted by Crippen LogP contribution is -2.11. The fraction of sp³-hybridized carbons (Fsp3) is 0.0741. The minimum Gasteiger partial charge on any atom is -0.505 e. The molecule has 0 aliphatic heterocycles. The molecule has 0 saturated carbocycles. The Morgan fingerprint density at radius 2 is 1.43 bits per heavy atom. The Kier molecular flexibility index (Phi) is 15.3. The van der Waals surface area contributed by atoms with Crippen LogP contribution >= 0.6 is 48.0 Å². The molecule has 4 aromatic carbocycles. The smallest absolute Gasteiger partial charge is 0.296 e. The van der Waals surface area contributed by atoms with Crippen molar-refractivity contribution >= 4 is 113 Å². The van der Waals surface area contributed by atoms with Crippen molar-refractivity contribution in [2.75, 3.05) is 23.0 Å². The van der Waals surface area contributed by atoms with E-state index >= 15 is 0 Å². The summed E-state index contributed by atoms with van der Waals surface area (Å²) in [5.41, 5.74) is 0.108. The molecule has 0 amide bonds. The predicted octanol–water partition coefficient (Wildman–Crippen LogP) is 7.16. The molecular formula is C27H22ClN7O16S5. The normalized spacial score (nSPS) is 12.1. The number of hydrogen-bond acceptors (Lipinski definition) is 25. The van der Waals surface area contributed by atoms with Gasteiger partial charge in [-0.1, -0.05) is 15.1 Å². The third-order valence-corrected chi connectivity index (χ3v) is 11.0. The number of rotatable bonds is 20. The van der Waals surface area contributed by atoms with Crippen molar-refractivity contribution in [3.05, 3.63) is 72.0 Å². The molecule has 1 aromatic heterocycles. The molecule has 1 heterocycles. The lowest BCUT2D eigenvalue weighted by atomic mass is 10.1. The number of aromatic nitrogens is 3. The van der Waals surface area contributed by atoms with Crippen LogP contribution in [0.3, 0.4) is 0 Å². The maximum absolute atomic E-state index is 12.6. The summed E-state index contributed by atoms with van der Waals surface area (Å²) in [6.07, 6.45) is 0. The Morgan fingerprint density at radius 3 is 2.11 bits per heavy atom. The molecule has 23 nitrogen and oxygen atoms in total. The van der Waals surface area contributed by atoms with Crippen LogP contribution in [-0.4, -0.2) is 69.6 Å². The molecule has 29 heteroatoms. The summed E-state index contributed by atoms with van der Waals surface area (Å²) in [5, 5.41) is 61.2. The highest BCUT2D eigenvalue weighted by Crippen LogP contribution is 2.45. The second-order valence-electron chi connectivity index (χ2n) is 10.1. The first-order valence-corrected chi connectivity index (χ1v) is 20.1. The minimum absolute atomic E-state index is 0.00133. The number of aromatic hydroxyl groups is 1. The van der Waals surface area contributed by atoms with Crippen molar-refractivity contribution in [1.29, 1.82) is 0 Å². The van der Waals surface area contributed by atoms with Gasteiger partial charge in [-0.05, 0) is 83.7 Å². The van der Waals surface area contributed by atoms with Gasteiger partial charge >= 0.3 is 0 Å². The van der Waals surface area contributed by atoms with Gasteiger partial charge in [0.05, 0.1) is 46.2 Å². The monoisotopic (exact) mass is 895 g/mol. The van der Waals surface area contributed by atoms with Gasteiger partial charge in [0, 0.05) is 21.7 Å². The molecular weight excluding hydrogens is 874 g/mol. The molecule has 5 rings (SSSR count). The van der Waals surface area contributed by atoms with Gasteiger partial charge in [-0.3, -0.25) is 8.74 Å². The van der Waals surface area contributed by atoms with E-state index in [1.54, 1.807) is 6.07 Å². The number of azo groups is 1. The summed E-state index contributed by atoms with van der Waals surface area (Å²) < 4.78 is 76.5. The molecule has 0 fully saturated rings. The standard InChI is InChI=1S/C27H22ClN7O16S5/c28-25-31-26(29-15-1-5-18(6-2-15)55(40,41)10-9-45-54-51-48-39)33-27(32-25)30-16-3-7-19-14(11-16)12-21(53-50-47-38)23(24(19)36)35-34-20-13-17(52-49-46-37)4-8-22(20)56(42,43)44/h1-8,11-13,36-39H,9-10H2,(H,42,43,44)(H2,29,30,31,32,33)/b35-34+.